The summed E-state index contributed by atoms with van der Waals surface area (Å²) in [5.41, 5.74) is 1.37. The molecule has 0 unspecified atom stereocenters. The Balaban J connectivity index is 4.32. The summed E-state index contributed by atoms with van der Waals surface area (Å²) in [4.78, 5) is 10.2. The Morgan fingerprint density at radius 3 is 2.22 bits per heavy atom. The minimum absolute atomic E-state index is 0.602. The molecule has 0 aromatic heterocycles. The molecule has 0 aromatic carbocycles. The van der Waals surface area contributed by atoms with Crippen molar-refractivity contribution in [3.8, 4) is 0 Å². The van der Waals surface area contributed by atoms with Crippen LogP contribution in [-0.4, -0.2) is 6.29 Å². The number of carbonyl (C=O) groups excluding carboxylic acids is 1. The molecule has 1 nitrogen and oxygen atoms in total. The first-order valence-electron chi connectivity index (χ1n) is 2.66. The number of rotatable bonds is 3. The van der Waals surface area contributed by atoms with Crippen LogP contribution in [0, 0.1) is 0 Å². The zero-order valence-electron chi connectivity index (χ0n) is 5.55. The highest BCUT2D eigenvalue weighted by molar-refractivity contribution is 5.79. The Morgan fingerprint density at radius 1 is 1.56 bits per heavy atom. The molecule has 0 amide bonds. The highest BCUT2D eigenvalue weighted by atomic mass is 16.1. The monoisotopic (exact) mass is 122 g/mol. The van der Waals surface area contributed by atoms with E-state index in [9.17, 15) is 4.79 Å². The van der Waals surface area contributed by atoms with E-state index in [-0.39, 0.29) is 0 Å². The Bertz CT molecular complexity index is 163. The maximum Gasteiger partial charge on any atom is 0.150 e. The van der Waals surface area contributed by atoms with Gasteiger partial charge in [-0.3, -0.25) is 4.79 Å². The molecule has 0 N–H and O–H groups in total. The van der Waals surface area contributed by atoms with Gasteiger partial charge in [0, 0.05) is 5.57 Å². The first-order valence-corrected chi connectivity index (χ1v) is 2.66. The van der Waals surface area contributed by atoms with E-state index in [1.165, 1.54) is 0 Å². The van der Waals surface area contributed by atoms with Crippen LogP contribution in [0.25, 0.3) is 0 Å². The van der Waals surface area contributed by atoms with Crippen LogP contribution in [-0.2, 0) is 4.79 Å². The lowest BCUT2D eigenvalue weighted by Gasteiger charge is -1.91. The van der Waals surface area contributed by atoms with Gasteiger partial charge in [-0.25, -0.2) is 0 Å². The van der Waals surface area contributed by atoms with Gasteiger partial charge in [0.05, 0.1) is 0 Å². The van der Waals surface area contributed by atoms with Gasteiger partial charge in [-0.1, -0.05) is 25.3 Å². The van der Waals surface area contributed by atoms with Crippen LogP contribution in [0.3, 0.4) is 0 Å². The Morgan fingerprint density at radius 2 is 2.11 bits per heavy atom. The van der Waals surface area contributed by atoms with Gasteiger partial charge in [0.2, 0.25) is 0 Å². The van der Waals surface area contributed by atoms with E-state index in [1.54, 1.807) is 19.1 Å². The lowest BCUT2D eigenvalue weighted by atomic mass is 10.1. The minimum Gasteiger partial charge on any atom is -0.298 e. The molecule has 1 heteroatoms. The van der Waals surface area contributed by atoms with Crippen molar-refractivity contribution >= 4 is 6.29 Å². The Labute approximate surface area is 55.4 Å². The predicted molar refractivity (Wildman–Crippen MR) is 39.2 cm³/mol. The SMILES string of the molecule is C=C/C=C(/C=O)C(=C)C. The summed E-state index contributed by atoms with van der Waals surface area (Å²) < 4.78 is 0. The average molecular weight is 122 g/mol. The summed E-state index contributed by atoms with van der Waals surface area (Å²) >= 11 is 0. The molecule has 0 heterocycles. The summed E-state index contributed by atoms with van der Waals surface area (Å²) in [5, 5.41) is 0. The average Bonchev–Trinajstić information content (AvgIpc) is 1.82. The second kappa shape index (κ2) is 3.84. The van der Waals surface area contributed by atoms with Crippen LogP contribution in [0.15, 0.2) is 36.5 Å². The molecule has 0 fully saturated rings. The van der Waals surface area contributed by atoms with Crippen molar-refractivity contribution in [1.29, 1.82) is 0 Å². The first kappa shape index (κ1) is 7.89. The Hall–Kier alpha value is -1.11. The van der Waals surface area contributed by atoms with Crippen molar-refractivity contribution in [2.45, 2.75) is 6.92 Å². The van der Waals surface area contributed by atoms with E-state index in [1.807, 2.05) is 0 Å². The number of carbonyl (C=O) groups is 1. The van der Waals surface area contributed by atoms with Crippen LogP contribution < -0.4 is 0 Å². The number of hydrogen-bond acceptors (Lipinski definition) is 1. The number of aldehydes is 1. The molecule has 0 aliphatic carbocycles. The van der Waals surface area contributed by atoms with E-state index < -0.39 is 0 Å². The molecular formula is C8H10O. The van der Waals surface area contributed by atoms with Crippen LogP contribution >= 0.6 is 0 Å². The summed E-state index contributed by atoms with van der Waals surface area (Å²) in [6.45, 7) is 8.83. The fourth-order valence-corrected chi connectivity index (χ4v) is 0.409. The van der Waals surface area contributed by atoms with Crippen LogP contribution in [0.4, 0.5) is 0 Å². The van der Waals surface area contributed by atoms with Crippen molar-refractivity contribution < 1.29 is 4.79 Å². The maximum atomic E-state index is 10.2. The molecule has 0 aliphatic rings. The molecule has 0 saturated heterocycles. The summed E-state index contributed by atoms with van der Waals surface area (Å²) in [5.74, 6) is 0. The van der Waals surface area contributed by atoms with Crippen LogP contribution in [0.2, 0.25) is 0 Å². The largest absolute Gasteiger partial charge is 0.298 e. The van der Waals surface area contributed by atoms with E-state index >= 15 is 0 Å². The highest BCUT2D eigenvalue weighted by Crippen LogP contribution is 2.01. The van der Waals surface area contributed by atoms with Crippen molar-refractivity contribution in [1.82, 2.24) is 0 Å². The molecule has 0 atom stereocenters. The van der Waals surface area contributed by atoms with Crippen molar-refractivity contribution in [2.24, 2.45) is 0 Å². The third kappa shape index (κ3) is 2.65. The quantitative estimate of drug-likeness (QED) is 0.317. The smallest absolute Gasteiger partial charge is 0.150 e. The van der Waals surface area contributed by atoms with Crippen molar-refractivity contribution in [3.05, 3.63) is 36.5 Å². The lowest BCUT2D eigenvalue weighted by Crippen LogP contribution is -1.82. The van der Waals surface area contributed by atoms with Gasteiger partial charge in [-0.05, 0) is 12.5 Å². The van der Waals surface area contributed by atoms with Gasteiger partial charge in [0.15, 0.2) is 0 Å². The van der Waals surface area contributed by atoms with Gasteiger partial charge < -0.3 is 0 Å². The normalized spacial score (nSPS) is 10.6. The van der Waals surface area contributed by atoms with E-state index in [2.05, 4.69) is 13.2 Å². The molecule has 0 radical (unpaired) electrons. The van der Waals surface area contributed by atoms with E-state index in [0.29, 0.717) is 5.57 Å². The number of allylic oxidation sites excluding steroid dienone is 4. The topological polar surface area (TPSA) is 17.1 Å². The molecule has 0 bridgehead atoms. The summed E-state index contributed by atoms with van der Waals surface area (Å²) in [6.07, 6.45) is 3.97. The molecule has 0 aliphatic heterocycles. The van der Waals surface area contributed by atoms with Gasteiger partial charge in [0.25, 0.3) is 0 Å². The summed E-state index contributed by atoms with van der Waals surface area (Å²) in [7, 11) is 0. The molecular weight excluding hydrogens is 112 g/mol. The van der Waals surface area contributed by atoms with Crippen molar-refractivity contribution in [3.63, 3.8) is 0 Å². The van der Waals surface area contributed by atoms with E-state index in [0.717, 1.165) is 11.9 Å². The zero-order valence-corrected chi connectivity index (χ0v) is 5.55. The van der Waals surface area contributed by atoms with Gasteiger partial charge in [-0.2, -0.15) is 0 Å². The second-order valence-electron chi connectivity index (χ2n) is 1.76. The zero-order chi connectivity index (χ0) is 7.28. The molecule has 0 aromatic rings. The number of hydrogen-bond donors (Lipinski definition) is 0. The van der Waals surface area contributed by atoms with E-state index in [4.69, 9.17) is 0 Å². The predicted octanol–water partition coefficient (Wildman–Crippen LogP) is 1.87. The highest BCUT2D eigenvalue weighted by Gasteiger charge is 1.90. The third-order valence-corrected chi connectivity index (χ3v) is 0.917. The standard InChI is InChI=1S/C8H10O/c1-4-5-8(6-9)7(2)3/h4-6H,1-2H2,3H3/b8-5-. The van der Waals surface area contributed by atoms with Crippen LogP contribution in [0.5, 0.6) is 0 Å². The third-order valence-electron chi connectivity index (χ3n) is 0.917. The van der Waals surface area contributed by atoms with Crippen LogP contribution in [0.1, 0.15) is 6.92 Å². The molecule has 0 rings (SSSR count). The fraction of sp³-hybridized carbons (Fsp3) is 0.125. The van der Waals surface area contributed by atoms with Gasteiger partial charge >= 0.3 is 0 Å². The Kier molecular flexibility index (Phi) is 3.37. The van der Waals surface area contributed by atoms with Crippen molar-refractivity contribution in [2.75, 3.05) is 0 Å². The molecule has 48 valence electrons. The molecule has 0 spiro atoms. The second-order valence-corrected chi connectivity index (χ2v) is 1.76. The van der Waals surface area contributed by atoms with Gasteiger partial charge in [0.1, 0.15) is 6.29 Å². The van der Waals surface area contributed by atoms with Gasteiger partial charge in [-0.15, -0.1) is 0 Å². The minimum atomic E-state index is 0.602. The first-order chi connectivity index (χ1) is 4.22. The maximum absolute atomic E-state index is 10.2. The summed E-state index contributed by atoms with van der Waals surface area (Å²) in [6, 6.07) is 0. The molecule has 9 heavy (non-hydrogen) atoms. The fourth-order valence-electron chi connectivity index (χ4n) is 0.409. The lowest BCUT2D eigenvalue weighted by molar-refractivity contribution is -0.104. The molecule has 0 saturated carbocycles.